The average molecular weight is 457 g/mol. The Kier molecular flexibility index (Phi) is 11.0. The Morgan fingerprint density at radius 3 is 2.17 bits per heavy atom. The van der Waals surface area contributed by atoms with Crippen LogP contribution in [0.5, 0.6) is 5.75 Å². The van der Waals surface area contributed by atoms with Crippen LogP contribution in [0.25, 0.3) is 0 Å². The summed E-state index contributed by atoms with van der Waals surface area (Å²) in [4.78, 5) is 59.4. The molecule has 0 radical (unpaired) electrons. The second-order valence-corrected chi connectivity index (χ2v) is 7.31. The van der Waals surface area contributed by atoms with E-state index in [4.69, 9.17) is 9.47 Å². The van der Waals surface area contributed by atoms with Crippen LogP contribution in [0.1, 0.15) is 31.1 Å². The molecule has 0 aliphatic carbocycles. The fraction of sp³-hybridized carbons (Fsp3) is 0.421. The van der Waals surface area contributed by atoms with Crippen LogP contribution in [0.3, 0.4) is 0 Å². The molecule has 0 saturated heterocycles. The summed E-state index contributed by atoms with van der Waals surface area (Å²) >= 11 is 4.79. The molecule has 2 amide bonds. The molecule has 1 rings (SSSR count). The maximum atomic E-state index is 12.7. The standard InChI is InChI=1S/C19H24N2O7S2/c1-4-27-17(24)15(21-12(3)23)10-30-19(26)13-7-5-6-8-16(13)28-18(25)14(9-29)20-11(2)22/h5-8,14-15,29H,4,9-10H2,1-3H3,(H,20,22)(H,21,23). The highest BCUT2D eigenvalue weighted by Gasteiger charge is 2.25. The normalized spacial score (nSPS) is 12.3. The number of para-hydroxylation sites is 1. The minimum Gasteiger partial charge on any atom is -0.464 e. The molecular formula is C19H24N2O7S2. The first kappa shape index (κ1) is 25.5. The minimum atomic E-state index is -1.00. The van der Waals surface area contributed by atoms with Gasteiger partial charge in [0.25, 0.3) is 0 Å². The molecule has 1 aromatic rings. The molecule has 2 N–H and O–H groups in total. The number of thioether (sulfide) groups is 1. The molecule has 11 heteroatoms. The van der Waals surface area contributed by atoms with E-state index in [0.29, 0.717) is 0 Å². The van der Waals surface area contributed by atoms with Crippen molar-refractivity contribution < 1.29 is 33.4 Å². The molecule has 9 nitrogen and oxygen atoms in total. The fourth-order valence-corrected chi connectivity index (χ4v) is 3.32. The molecule has 2 atom stereocenters. The van der Waals surface area contributed by atoms with Crippen LogP contribution in [-0.2, 0) is 23.9 Å². The smallest absolute Gasteiger partial charge is 0.334 e. The fourth-order valence-electron chi connectivity index (χ4n) is 2.22. The summed E-state index contributed by atoms with van der Waals surface area (Å²) in [6.45, 7) is 4.27. The monoisotopic (exact) mass is 456 g/mol. The largest absolute Gasteiger partial charge is 0.464 e. The zero-order valence-electron chi connectivity index (χ0n) is 16.8. The van der Waals surface area contributed by atoms with Crippen LogP contribution < -0.4 is 15.4 Å². The van der Waals surface area contributed by atoms with E-state index in [1.165, 1.54) is 26.0 Å². The van der Waals surface area contributed by atoms with Crippen LogP contribution in [0.4, 0.5) is 0 Å². The third-order valence-electron chi connectivity index (χ3n) is 3.49. The lowest BCUT2D eigenvalue weighted by molar-refractivity contribution is -0.146. The van der Waals surface area contributed by atoms with Crippen molar-refractivity contribution in [1.29, 1.82) is 0 Å². The van der Waals surface area contributed by atoms with Gasteiger partial charge in [-0.2, -0.15) is 12.6 Å². The third-order valence-corrected chi connectivity index (χ3v) is 4.84. The van der Waals surface area contributed by atoms with E-state index >= 15 is 0 Å². The number of rotatable bonds is 10. The van der Waals surface area contributed by atoms with E-state index in [1.54, 1.807) is 19.1 Å². The van der Waals surface area contributed by atoms with Crippen LogP contribution in [-0.4, -0.2) is 59.1 Å². The number of amides is 2. The zero-order valence-corrected chi connectivity index (χ0v) is 18.5. The van der Waals surface area contributed by atoms with Crippen molar-refractivity contribution in [3.63, 3.8) is 0 Å². The summed E-state index contributed by atoms with van der Waals surface area (Å²) in [6, 6.07) is 4.09. The number of nitrogens with one attached hydrogen (secondary N) is 2. The summed E-state index contributed by atoms with van der Waals surface area (Å²) in [7, 11) is 0. The molecule has 0 aliphatic heterocycles. The second kappa shape index (κ2) is 12.9. The topological polar surface area (TPSA) is 128 Å². The summed E-state index contributed by atoms with van der Waals surface area (Å²) in [5.74, 6) is -2.33. The van der Waals surface area contributed by atoms with Gasteiger partial charge in [0.05, 0.1) is 12.2 Å². The Morgan fingerprint density at radius 1 is 1.00 bits per heavy atom. The summed E-state index contributed by atoms with van der Waals surface area (Å²) < 4.78 is 10.2. The predicted octanol–water partition coefficient (Wildman–Crippen LogP) is 0.968. The second-order valence-electron chi connectivity index (χ2n) is 5.96. The molecule has 0 saturated carbocycles. The number of carbonyl (C=O) groups is 5. The SMILES string of the molecule is CCOC(=O)C(CSC(=O)c1ccccc1OC(=O)C(CS)NC(C)=O)NC(C)=O. The molecule has 0 heterocycles. The summed E-state index contributed by atoms with van der Waals surface area (Å²) in [6.07, 6.45) is 0. The van der Waals surface area contributed by atoms with E-state index in [9.17, 15) is 24.0 Å². The molecule has 0 aliphatic rings. The number of carbonyl (C=O) groups excluding carboxylic acids is 5. The van der Waals surface area contributed by atoms with Gasteiger partial charge in [-0.15, -0.1) is 0 Å². The first-order chi connectivity index (χ1) is 14.2. The third kappa shape index (κ3) is 8.46. The molecule has 0 aromatic heterocycles. The first-order valence-electron chi connectivity index (χ1n) is 8.99. The van der Waals surface area contributed by atoms with Crippen molar-refractivity contribution in [3.8, 4) is 5.75 Å². The molecule has 0 fully saturated rings. The van der Waals surface area contributed by atoms with Gasteiger partial charge in [0, 0.05) is 25.4 Å². The lowest BCUT2D eigenvalue weighted by Gasteiger charge is -2.17. The van der Waals surface area contributed by atoms with Crippen molar-refractivity contribution in [1.82, 2.24) is 10.6 Å². The van der Waals surface area contributed by atoms with Crippen LogP contribution in [0, 0.1) is 0 Å². The number of hydrogen-bond donors (Lipinski definition) is 3. The van der Waals surface area contributed by atoms with Crippen LogP contribution in [0.15, 0.2) is 24.3 Å². The van der Waals surface area contributed by atoms with Gasteiger partial charge in [-0.25, -0.2) is 9.59 Å². The van der Waals surface area contributed by atoms with E-state index < -0.39 is 41.0 Å². The van der Waals surface area contributed by atoms with E-state index in [0.717, 1.165) is 11.8 Å². The van der Waals surface area contributed by atoms with Crippen molar-refractivity contribution in [2.45, 2.75) is 32.9 Å². The van der Waals surface area contributed by atoms with Crippen LogP contribution >= 0.6 is 24.4 Å². The lowest BCUT2D eigenvalue weighted by atomic mass is 10.2. The highest BCUT2D eigenvalue weighted by atomic mass is 32.2. The maximum Gasteiger partial charge on any atom is 0.334 e. The van der Waals surface area contributed by atoms with Crippen molar-refractivity contribution in [2.24, 2.45) is 0 Å². The van der Waals surface area contributed by atoms with Gasteiger partial charge in [0.15, 0.2) is 0 Å². The Balaban J connectivity index is 2.90. The Morgan fingerprint density at radius 2 is 1.60 bits per heavy atom. The van der Waals surface area contributed by atoms with Crippen molar-refractivity contribution >= 4 is 53.3 Å². The number of benzene rings is 1. The number of hydrogen-bond acceptors (Lipinski definition) is 9. The van der Waals surface area contributed by atoms with E-state index in [2.05, 4.69) is 23.3 Å². The highest BCUT2D eigenvalue weighted by Crippen LogP contribution is 2.24. The molecule has 0 spiro atoms. The Hall–Kier alpha value is -2.53. The van der Waals surface area contributed by atoms with Gasteiger partial charge in [0.1, 0.15) is 17.8 Å². The number of esters is 2. The maximum absolute atomic E-state index is 12.7. The number of ether oxygens (including phenoxy) is 2. The molecule has 2 unspecified atom stereocenters. The Labute approximate surface area is 184 Å². The molecular weight excluding hydrogens is 432 g/mol. The highest BCUT2D eigenvalue weighted by molar-refractivity contribution is 8.14. The average Bonchev–Trinajstić information content (AvgIpc) is 2.69. The summed E-state index contributed by atoms with van der Waals surface area (Å²) in [5.41, 5.74) is 0.0991. The lowest BCUT2D eigenvalue weighted by Crippen LogP contribution is -2.43. The minimum absolute atomic E-state index is 0.00403. The molecule has 1 aromatic carbocycles. The van der Waals surface area contributed by atoms with Gasteiger partial charge in [0.2, 0.25) is 16.9 Å². The molecule has 164 valence electrons. The van der Waals surface area contributed by atoms with E-state index in [-0.39, 0.29) is 29.4 Å². The van der Waals surface area contributed by atoms with E-state index in [1.807, 2.05) is 0 Å². The first-order valence-corrected chi connectivity index (χ1v) is 10.6. The quantitative estimate of drug-likeness (QED) is 0.270. The van der Waals surface area contributed by atoms with Gasteiger partial charge >= 0.3 is 11.9 Å². The predicted molar refractivity (Wildman–Crippen MR) is 115 cm³/mol. The zero-order chi connectivity index (χ0) is 22.7. The van der Waals surface area contributed by atoms with Gasteiger partial charge < -0.3 is 20.1 Å². The van der Waals surface area contributed by atoms with Gasteiger partial charge in [-0.05, 0) is 19.1 Å². The summed E-state index contributed by atoms with van der Waals surface area (Å²) in [5, 5.41) is 4.38. The van der Waals surface area contributed by atoms with Gasteiger partial charge in [-0.1, -0.05) is 23.9 Å². The van der Waals surface area contributed by atoms with Crippen molar-refractivity contribution in [3.05, 3.63) is 29.8 Å². The Bertz CT molecular complexity index is 801. The molecule has 0 bridgehead atoms. The van der Waals surface area contributed by atoms with Crippen LogP contribution in [0.2, 0.25) is 0 Å². The van der Waals surface area contributed by atoms with Gasteiger partial charge in [-0.3, -0.25) is 14.4 Å². The number of thiol groups is 1. The molecule has 30 heavy (non-hydrogen) atoms. The van der Waals surface area contributed by atoms with Crippen molar-refractivity contribution in [2.75, 3.05) is 18.1 Å².